The Morgan fingerprint density at radius 1 is 1.57 bits per heavy atom. The molecule has 1 aromatic rings. The molecule has 0 amide bonds. The number of fused-ring (bicyclic) bond motifs is 1. The molecule has 0 saturated heterocycles. The Kier molecular flexibility index (Phi) is 2.74. The molecule has 0 atom stereocenters. The number of nitrogens with zero attached hydrogens (tertiary/aromatic N) is 3. The summed E-state index contributed by atoms with van der Waals surface area (Å²) < 4.78 is 0. The smallest absolute Gasteiger partial charge is 0.129 e. The van der Waals surface area contributed by atoms with Gasteiger partial charge in [-0.05, 0) is 25.6 Å². The third-order valence-corrected chi connectivity index (χ3v) is 2.55. The maximum absolute atomic E-state index is 5.47. The van der Waals surface area contributed by atoms with Gasteiger partial charge in [-0.3, -0.25) is 0 Å². The van der Waals surface area contributed by atoms with Crippen LogP contribution in [0.15, 0.2) is 6.20 Å². The highest BCUT2D eigenvalue weighted by Gasteiger charge is 2.14. The Bertz CT molecular complexity index is 324. The first-order valence-electron chi connectivity index (χ1n) is 5.02. The van der Waals surface area contributed by atoms with Crippen LogP contribution >= 0.6 is 0 Å². The molecule has 0 unspecified atom stereocenters. The molecule has 0 aliphatic carbocycles. The lowest BCUT2D eigenvalue weighted by molar-refractivity contribution is 0.306. The summed E-state index contributed by atoms with van der Waals surface area (Å²) in [5.41, 5.74) is 7.95. The second kappa shape index (κ2) is 4.02. The quantitative estimate of drug-likeness (QED) is 0.714. The van der Waals surface area contributed by atoms with Crippen LogP contribution in [-0.4, -0.2) is 35.0 Å². The van der Waals surface area contributed by atoms with Gasteiger partial charge >= 0.3 is 0 Å². The van der Waals surface area contributed by atoms with E-state index >= 15 is 0 Å². The predicted octanol–water partition coefficient (Wildman–Crippen LogP) is -0.0343. The lowest BCUT2D eigenvalue weighted by Crippen LogP contribution is -2.28. The van der Waals surface area contributed by atoms with E-state index in [1.165, 1.54) is 11.3 Å². The number of nitrogens with two attached hydrogens (primary N) is 1. The molecule has 0 radical (unpaired) electrons. The van der Waals surface area contributed by atoms with Gasteiger partial charge < -0.3 is 10.6 Å². The molecule has 0 fully saturated rings. The van der Waals surface area contributed by atoms with Gasteiger partial charge in [0.25, 0.3) is 0 Å². The average molecular weight is 192 g/mol. The fourth-order valence-electron chi connectivity index (χ4n) is 1.72. The van der Waals surface area contributed by atoms with E-state index in [0.29, 0.717) is 6.54 Å². The molecular weight excluding hydrogens is 176 g/mol. The van der Waals surface area contributed by atoms with E-state index in [4.69, 9.17) is 5.73 Å². The maximum atomic E-state index is 5.47. The van der Waals surface area contributed by atoms with Gasteiger partial charge in [0.2, 0.25) is 0 Å². The van der Waals surface area contributed by atoms with Gasteiger partial charge in [-0.25, -0.2) is 9.97 Å². The van der Waals surface area contributed by atoms with Gasteiger partial charge in [0, 0.05) is 25.7 Å². The topological polar surface area (TPSA) is 55.0 Å². The number of rotatable bonds is 2. The third kappa shape index (κ3) is 1.91. The van der Waals surface area contributed by atoms with E-state index in [9.17, 15) is 0 Å². The Morgan fingerprint density at radius 3 is 3.21 bits per heavy atom. The van der Waals surface area contributed by atoms with Crippen LogP contribution in [0.1, 0.15) is 17.1 Å². The Hall–Kier alpha value is -1.00. The molecule has 4 nitrogen and oxygen atoms in total. The molecule has 2 rings (SSSR count). The first kappa shape index (κ1) is 9.55. The van der Waals surface area contributed by atoms with Gasteiger partial charge in [0.15, 0.2) is 0 Å². The monoisotopic (exact) mass is 192 g/mol. The van der Waals surface area contributed by atoms with Crippen LogP contribution in [0.5, 0.6) is 0 Å². The van der Waals surface area contributed by atoms with Crippen molar-refractivity contribution < 1.29 is 0 Å². The minimum absolute atomic E-state index is 0.620. The minimum Gasteiger partial charge on any atom is -0.330 e. The average Bonchev–Trinajstić information content (AvgIpc) is 2.17. The van der Waals surface area contributed by atoms with Crippen LogP contribution in [0.4, 0.5) is 0 Å². The summed E-state index contributed by atoms with van der Waals surface area (Å²) in [4.78, 5) is 11.1. The first-order valence-corrected chi connectivity index (χ1v) is 5.02. The minimum atomic E-state index is 0.620. The van der Waals surface area contributed by atoms with Crippen LogP contribution in [0.2, 0.25) is 0 Å². The molecule has 1 aliphatic rings. The van der Waals surface area contributed by atoms with E-state index in [-0.39, 0.29) is 0 Å². The largest absolute Gasteiger partial charge is 0.330 e. The van der Waals surface area contributed by atoms with Crippen molar-refractivity contribution in [2.75, 3.05) is 20.1 Å². The number of hydrogen-bond acceptors (Lipinski definition) is 4. The van der Waals surface area contributed by atoms with Gasteiger partial charge in [-0.2, -0.15) is 0 Å². The molecule has 14 heavy (non-hydrogen) atoms. The number of likely N-dealkylation sites (N-methyl/N-ethyl adjacent to an activating group) is 1. The molecule has 2 N–H and O–H groups in total. The van der Waals surface area contributed by atoms with Crippen molar-refractivity contribution in [2.24, 2.45) is 5.73 Å². The highest BCUT2D eigenvalue weighted by Crippen LogP contribution is 2.14. The summed E-state index contributed by atoms with van der Waals surface area (Å²) in [6, 6.07) is 0. The molecule has 0 aromatic carbocycles. The molecule has 0 spiro atoms. The summed E-state index contributed by atoms with van der Waals surface area (Å²) in [6.07, 6.45) is 3.80. The van der Waals surface area contributed by atoms with Gasteiger partial charge in [-0.1, -0.05) is 0 Å². The highest BCUT2D eigenvalue weighted by atomic mass is 15.1. The van der Waals surface area contributed by atoms with Crippen LogP contribution in [0.3, 0.4) is 0 Å². The van der Waals surface area contributed by atoms with E-state index in [0.717, 1.165) is 31.8 Å². The van der Waals surface area contributed by atoms with E-state index in [1.54, 1.807) is 0 Å². The first-order chi connectivity index (χ1) is 6.79. The fourth-order valence-corrected chi connectivity index (χ4v) is 1.72. The Balaban J connectivity index is 2.24. The summed E-state index contributed by atoms with van der Waals surface area (Å²) in [6.45, 7) is 2.66. The van der Waals surface area contributed by atoms with E-state index in [1.807, 2.05) is 6.20 Å². The third-order valence-electron chi connectivity index (χ3n) is 2.55. The molecular formula is C10H16N4. The van der Waals surface area contributed by atoms with Crippen molar-refractivity contribution in [3.63, 3.8) is 0 Å². The molecule has 76 valence electrons. The second-order valence-corrected chi connectivity index (χ2v) is 3.78. The van der Waals surface area contributed by atoms with Crippen molar-refractivity contribution in [3.05, 3.63) is 23.3 Å². The summed E-state index contributed by atoms with van der Waals surface area (Å²) in [7, 11) is 2.12. The van der Waals surface area contributed by atoms with Crippen LogP contribution in [-0.2, 0) is 19.4 Å². The number of hydrogen-bond donors (Lipinski definition) is 1. The van der Waals surface area contributed by atoms with Crippen molar-refractivity contribution in [1.82, 2.24) is 14.9 Å². The Morgan fingerprint density at radius 2 is 2.43 bits per heavy atom. The molecule has 4 heteroatoms. The van der Waals surface area contributed by atoms with Crippen LogP contribution in [0.25, 0.3) is 0 Å². The van der Waals surface area contributed by atoms with Gasteiger partial charge in [0.05, 0.1) is 5.69 Å². The van der Waals surface area contributed by atoms with Crippen molar-refractivity contribution in [1.29, 1.82) is 0 Å². The predicted molar refractivity (Wildman–Crippen MR) is 54.8 cm³/mol. The summed E-state index contributed by atoms with van der Waals surface area (Å²) >= 11 is 0. The summed E-state index contributed by atoms with van der Waals surface area (Å²) in [5, 5.41) is 0. The van der Waals surface area contributed by atoms with Crippen LogP contribution < -0.4 is 5.73 Å². The van der Waals surface area contributed by atoms with Gasteiger partial charge in [0.1, 0.15) is 5.82 Å². The van der Waals surface area contributed by atoms with Crippen LogP contribution in [0, 0.1) is 0 Å². The Labute approximate surface area is 84.2 Å². The second-order valence-electron chi connectivity index (χ2n) is 3.78. The SMILES string of the molecule is CN1CCc2cnc(CCN)nc2C1. The zero-order chi connectivity index (χ0) is 9.97. The maximum Gasteiger partial charge on any atom is 0.129 e. The number of aromatic nitrogens is 2. The molecule has 2 heterocycles. The van der Waals surface area contributed by atoms with E-state index < -0.39 is 0 Å². The highest BCUT2D eigenvalue weighted by molar-refractivity contribution is 5.20. The lowest BCUT2D eigenvalue weighted by atomic mass is 10.1. The normalized spacial score (nSPS) is 16.7. The van der Waals surface area contributed by atoms with Gasteiger partial charge in [-0.15, -0.1) is 0 Å². The van der Waals surface area contributed by atoms with Crippen molar-refractivity contribution in [3.8, 4) is 0 Å². The molecule has 0 saturated carbocycles. The molecule has 1 aromatic heterocycles. The standard InChI is InChI=1S/C10H16N4/c1-14-5-3-8-6-12-10(2-4-11)13-9(8)7-14/h6H,2-5,7,11H2,1H3. The zero-order valence-corrected chi connectivity index (χ0v) is 8.53. The van der Waals surface area contributed by atoms with Crippen molar-refractivity contribution in [2.45, 2.75) is 19.4 Å². The zero-order valence-electron chi connectivity index (χ0n) is 8.53. The molecule has 0 bridgehead atoms. The molecule has 1 aliphatic heterocycles. The summed E-state index contributed by atoms with van der Waals surface area (Å²) in [5.74, 6) is 0.876. The van der Waals surface area contributed by atoms with Crippen molar-refractivity contribution >= 4 is 0 Å². The fraction of sp³-hybridized carbons (Fsp3) is 0.600. The lowest BCUT2D eigenvalue weighted by Gasteiger charge is -2.23. The van der Waals surface area contributed by atoms with E-state index in [2.05, 4.69) is 21.9 Å².